The van der Waals surface area contributed by atoms with E-state index in [4.69, 9.17) is 5.73 Å². The molecular formula is C14H15N5. The normalized spacial score (nSPS) is 10.8. The highest BCUT2D eigenvalue weighted by molar-refractivity contribution is 5.75. The summed E-state index contributed by atoms with van der Waals surface area (Å²) < 4.78 is 1.91. The van der Waals surface area contributed by atoms with Crippen LogP contribution in [-0.4, -0.2) is 28.5 Å². The minimum absolute atomic E-state index is 0.643. The Labute approximate surface area is 111 Å². The number of nitrogen functional groups attached to an aromatic ring is 1. The van der Waals surface area contributed by atoms with Gasteiger partial charge in [-0.15, -0.1) is 0 Å². The predicted octanol–water partition coefficient (Wildman–Crippen LogP) is 2.04. The topological polar surface area (TPSA) is 59.5 Å². The fraction of sp³-hybridized carbons (Fsp3) is 0.143. The highest BCUT2D eigenvalue weighted by Crippen LogP contribution is 2.27. The third-order valence-corrected chi connectivity index (χ3v) is 3.11. The van der Waals surface area contributed by atoms with Gasteiger partial charge >= 0.3 is 0 Å². The van der Waals surface area contributed by atoms with Gasteiger partial charge in [-0.05, 0) is 24.3 Å². The average Bonchev–Trinajstić information content (AvgIpc) is 2.77. The van der Waals surface area contributed by atoms with Crippen LogP contribution in [0, 0.1) is 0 Å². The third-order valence-electron chi connectivity index (χ3n) is 3.11. The molecule has 0 atom stereocenters. The summed E-state index contributed by atoms with van der Waals surface area (Å²) in [5, 5.41) is 0. The Morgan fingerprint density at radius 2 is 1.84 bits per heavy atom. The lowest BCUT2D eigenvalue weighted by molar-refractivity contribution is 1.09. The number of nitrogens with two attached hydrogens (primary N) is 1. The van der Waals surface area contributed by atoms with Gasteiger partial charge in [-0.2, -0.15) is 0 Å². The molecule has 0 unspecified atom stereocenters. The monoisotopic (exact) mass is 253 g/mol. The molecule has 0 fully saturated rings. The molecule has 3 rings (SSSR count). The first-order valence-corrected chi connectivity index (χ1v) is 6.02. The van der Waals surface area contributed by atoms with Gasteiger partial charge < -0.3 is 10.6 Å². The van der Waals surface area contributed by atoms with Crippen molar-refractivity contribution in [1.29, 1.82) is 0 Å². The lowest BCUT2D eigenvalue weighted by Gasteiger charge is -2.12. The SMILES string of the molecule is CN(C)c1ccc2nc(-c3ccncc3)c(N)n2c1. The molecule has 0 saturated carbocycles. The van der Waals surface area contributed by atoms with Gasteiger partial charge in [0.2, 0.25) is 0 Å². The molecule has 5 nitrogen and oxygen atoms in total. The van der Waals surface area contributed by atoms with Crippen molar-refractivity contribution >= 4 is 17.2 Å². The van der Waals surface area contributed by atoms with Gasteiger partial charge in [-0.25, -0.2) is 4.98 Å². The number of hydrogen-bond acceptors (Lipinski definition) is 4. The minimum atomic E-state index is 0.643. The van der Waals surface area contributed by atoms with Crippen LogP contribution < -0.4 is 10.6 Å². The zero-order valence-corrected chi connectivity index (χ0v) is 10.9. The Hall–Kier alpha value is -2.56. The molecule has 0 radical (unpaired) electrons. The molecule has 3 aromatic rings. The molecule has 0 amide bonds. The molecule has 0 spiro atoms. The molecule has 3 heterocycles. The highest BCUT2D eigenvalue weighted by Gasteiger charge is 2.11. The molecule has 0 aromatic carbocycles. The number of rotatable bonds is 2. The van der Waals surface area contributed by atoms with E-state index in [0.717, 1.165) is 22.6 Å². The summed E-state index contributed by atoms with van der Waals surface area (Å²) in [5.41, 5.74) is 9.89. The maximum absolute atomic E-state index is 6.20. The number of fused-ring (bicyclic) bond motifs is 1. The third kappa shape index (κ3) is 1.89. The van der Waals surface area contributed by atoms with Crippen LogP contribution in [0.15, 0.2) is 42.9 Å². The fourth-order valence-electron chi connectivity index (χ4n) is 2.04. The van der Waals surface area contributed by atoms with E-state index in [-0.39, 0.29) is 0 Å². The number of anilines is 2. The highest BCUT2D eigenvalue weighted by atomic mass is 15.1. The fourth-order valence-corrected chi connectivity index (χ4v) is 2.04. The van der Waals surface area contributed by atoms with Crippen molar-refractivity contribution in [2.24, 2.45) is 0 Å². The number of aromatic nitrogens is 3. The predicted molar refractivity (Wildman–Crippen MR) is 77.2 cm³/mol. The first-order valence-electron chi connectivity index (χ1n) is 6.02. The first kappa shape index (κ1) is 11.5. The van der Waals surface area contributed by atoms with Gasteiger partial charge in [0.25, 0.3) is 0 Å². The molecule has 96 valence electrons. The zero-order chi connectivity index (χ0) is 13.4. The maximum atomic E-state index is 6.20. The van der Waals surface area contributed by atoms with Crippen molar-refractivity contribution in [3.63, 3.8) is 0 Å². The van der Waals surface area contributed by atoms with E-state index in [0.29, 0.717) is 5.82 Å². The smallest absolute Gasteiger partial charge is 0.139 e. The van der Waals surface area contributed by atoms with Crippen LogP contribution in [0.5, 0.6) is 0 Å². The first-order chi connectivity index (χ1) is 9.16. The van der Waals surface area contributed by atoms with Crippen LogP contribution in [0.25, 0.3) is 16.9 Å². The molecular weight excluding hydrogens is 238 g/mol. The molecule has 0 bridgehead atoms. The largest absolute Gasteiger partial charge is 0.383 e. The molecule has 0 saturated heterocycles. The molecule has 19 heavy (non-hydrogen) atoms. The standard InChI is InChI=1S/C14H15N5/c1-18(2)11-3-4-12-17-13(14(15)19(12)9-11)10-5-7-16-8-6-10/h3-9H,15H2,1-2H3. The summed E-state index contributed by atoms with van der Waals surface area (Å²) in [4.78, 5) is 10.6. The number of pyridine rings is 2. The second kappa shape index (κ2) is 4.28. The molecule has 3 aromatic heterocycles. The second-order valence-electron chi connectivity index (χ2n) is 4.59. The van der Waals surface area contributed by atoms with E-state index in [1.165, 1.54) is 0 Å². The minimum Gasteiger partial charge on any atom is -0.383 e. The Balaban J connectivity index is 2.21. The van der Waals surface area contributed by atoms with Gasteiger partial charge in [0.05, 0.1) is 5.69 Å². The van der Waals surface area contributed by atoms with Gasteiger partial charge in [0.1, 0.15) is 17.2 Å². The molecule has 2 N–H and O–H groups in total. The summed E-state index contributed by atoms with van der Waals surface area (Å²) in [7, 11) is 4.00. The molecule has 0 aliphatic heterocycles. The van der Waals surface area contributed by atoms with Gasteiger partial charge in [-0.1, -0.05) is 0 Å². The van der Waals surface area contributed by atoms with E-state index in [9.17, 15) is 0 Å². The quantitative estimate of drug-likeness (QED) is 0.759. The van der Waals surface area contributed by atoms with Crippen molar-refractivity contribution in [2.75, 3.05) is 24.7 Å². The van der Waals surface area contributed by atoms with Crippen LogP contribution in [0.2, 0.25) is 0 Å². The lowest BCUT2D eigenvalue weighted by Crippen LogP contribution is -2.09. The summed E-state index contributed by atoms with van der Waals surface area (Å²) in [6.45, 7) is 0. The van der Waals surface area contributed by atoms with Crippen LogP contribution in [0.1, 0.15) is 0 Å². The summed E-state index contributed by atoms with van der Waals surface area (Å²) in [5.74, 6) is 0.643. The van der Waals surface area contributed by atoms with Crippen molar-refractivity contribution < 1.29 is 0 Å². The molecule has 5 heteroatoms. The van der Waals surface area contributed by atoms with Crippen molar-refractivity contribution in [2.45, 2.75) is 0 Å². The van der Waals surface area contributed by atoms with Crippen molar-refractivity contribution in [3.05, 3.63) is 42.9 Å². The van der Waals surface area contributed by atoms with Crippen molar-refractivity contribution in [3.8, 4) is 11.3 Å². The number of nitrogens with zero attached hydrogens (tertiary/aromatic N) is 4. The summed E-state index contributed by atoms with van der Waals surface area (Å²) in [6.07, 6.45) is 5.47. The summed E-state index contributed by atoms with van der Waals surface area (Å²) >= 11 is 0. The van der Waals surface area contributed by atoms with E-state index < -0.39 is 0 Å². The summed E-state index contributed by atoms with van der Waals surface area (Å²) in [6, 6.07) is 7.81. The number of hydrogen-bond donors (Lipinski definition) is 1. The van der Waals surface area contributed by atoms with E-state index in [2.05, 4.69) is 9.97 Å². The Morgan fingerprint density at radius 1 is 1.11 bits per heavy atom. The zero-order valence-electron chi connectivity index (χ0n) is 10.9. The Kier molecular flexibility index (Phi) is 2.59. The Bertz CT molecular complexity index is 715. The van der Waals surface area contributed by atoms with E-state index >= 15 is 0 Å². The Morgan fingerprint density at radius 3 is 2.53 bits per heavy atom. The van der Waals surface area contributed by atoms with Crippen LogP contribution >= 0.6 is 0 Å². The van der Waals surface area contributed by atoms with E-state index in [1.54, 1.807) is 12.4 Å². The van der Waals surface area contributed by atoms with Crippen LogP contribution in [-0.2, 0) is 0 Å². The van der Waals surface area contributed by atoms with Gasteiger partial charge in [0.15, 0.2) is 0 Å². The number of imidazole rings is 1. The second-order valence-corrected chi connectivity index (χ2v) is 4.59. The van der Waals surface area contributed by atoms with Gasteiger partial charge in [0, 0.05) is 38.2 Å². The average molecular weight is 253 g/mol. The molecule has 0 aliphatic rings. The van der Waals surface area contributed by atoms with Crippen molar-refractivity contribution in [1.82, 2.24) is 14.4 Å². The van der Waals surface area contributed by atoms with Crippen LogP contribution in [0.4, 0.5) is 11.5 Å². The lowest BCUT2D eigenvalue weighted by atomic mass is 10.2. The molecule has 0 aliphatic carbocycles. The van der Waals surface area contributed by atoms with Crippen LogP contribution in [0.3, 0.4) is 0 Å². The maximum Gasteiger partial charge on any atom is 0.139 e. The van der Waals surface area contributed by atoms with Gasteiger partial charge in [-0.3, -0.25) is 9.38 Å². The van der Waals surface area contributed by atoms with E-state index in [1.807, 2.05) is 53.9 Å².